The van der Waals surface area contributed by atoms with Crippen LogP contribution in [0.5, 0.6) is 0 Å². The number of hydrogen-bond acceptors (Lipinski definition) is 2. The van der Waals surface area contributed by atoms with Gasteiger partial charge in [0.2, 0.25) is 0 Å². The van der Waals surface area contributed by atoms with Gasteiger partial charge < -0.3 is 9.88 Å². The first kappa shape index (κ1) is 12.9. The predicted octanol–water partition coefficient (Wildman–Crippen LogP) is 3.76. The maximum absolute atomic E-state index is 4.35. The van der Waals surface area contributed by atoms with Crippen molar-refractivity contribution in [3.63, 3.8) is 0 Å². The summed E-state index contributed by atoms with van der Waals surface area (Å²) in [6.45, 7) is 3.24. The topological polar surface area (TPSA) is 29.9 Å². The molecule has 4 heteroatoms. The second kappa shape index (κ2) is 5.47. The minimum atomic E-state index is 0.430. The highest BCUT2D eigenvalue weighted by molar-refractivity contribution is 9.10. The lowest BCUT2D eigenvalue weighted by molar-refractivity contribution is 0.402. The third-order valence-electron chi connectivity index (χ3n) is 3.75. The van der Waals surface area contributed by atoms with Crippen LogP contribution in [0.25, 0.3) is 5.69 Å². The molecule has 1 unspecified atom stereocenters. The van der Waals surface area contributed by atoms with Crippen molar-refractivity contribution in [2.45, 2.75) is 32.2 Å². The first-order valence-electron chi connectivity index (χ1n) is 6.78. The zero-order chi connectivity index (χ0) is 13.2. The summed E-state index contributed by atoms with van der Waals surface area (Å²) in [5.41, 5.74) is 3.73. The third-order valence-corrected chi connectivity index (χ3v) is 4.25. The Balaban J connectivity index is 1.99. The first-order chi connectivity index (χ1) is 9.25. The van der Waals surface area contributed by atoms with Gasteiger partial charge in [0.25, 0.3) is 0 Å². The molecule has 1 aromatic heterocycles. The highest BCUT2D eigenvalue weighted by atomic mass is 79.9. The molecule has 1 aliphatic heterocycles. The molecule has 0 aliphatic carbocycles. The van der Waals surface area contributed by atoms with Gasteiger partial charge in [-0.05, 0) is 50.1 Å². The highest BCUT2D eigenvalue weighted by Gasteiger charge is 2.19. The summed E-state index contributed by atoms with van der Waals surface area (Å²) in [7, 11) is 0. The van der Waals surface area contributed by atoms with Gasteiger partial charge in [0.15, 0.2) is 0 Å². The largest absolute Gasteiger partial charge is 0.309 e. The summed E-state index contributed by atoms with van der Waals surface area (Å²) < 4.78 is 3.33. The van der Waals surface area contributed by atoms with Crippen LogP contribution in [0, 0.1) is 6.92 Å². The van der Waals surface area contributed by atoms with Gasteiger partial charge in [-0.1, -0.05) is 22.4 Å². The van der Waals surface area contributed by atoms with E-state index in [0.29, 0.717) is 6.04 Å². The zero-order valence-electron chi connectivity index (χ0n) is 11.1. The van der Waals surface area contributed by atoms with E-state index in [1.807, 2.05) is 12.5 Å². The molecule has 0 amide bonds. The smallest absolute Gasteiger partial charge is 0.0994 e. The Kier molecular flexibility index (Phi) is 3.71. The number of nitrogens with one attached hydrogen (secondary N) is 1. The Morgan fingerprint density at radius 3 is 3.00 bits per heavy atom. The summed E-state index contributed by atoms with van der Waals surface area (Å²) in [6, 6.07) is 6.81. The summed E-state index contributed by atoms with van der Waals surface area (Å²) in [5.74, 6) is 0. The third kappa shape index (κ3) is 2.60. The lowest BCUT2D eigenvalue weighted by Crippen LogP contribution is -2.28. The van der Waals surface area contributed by atoms with Gasteiger partial charge >= 0.3 is 0 Å². The number of benzene rings is 1. The predicted molar refractivity (Wildman–Crippen MR) is 80.6 cm³/mol. The van der Waals surface area contributed by atoms with Crippen molar-refractivity contribution in [3.8, 4) is 5.69 Å². The number of piperidine rings is 1. The Labute approximate surface area is 122 Å². The molecule has 100 valence electrons. The molecule has 0 bridgehead atoms. The van der Waals surface area contributed by atoms with E-state index in [1.54, 1.807) is 0 Å². The van der Waals surface area contributed by atoms with Crippen molar-refractivity contribution in [3.05, 3.63) is 46.5 Å². The van der Waals surface area contributed by atoms with Gasteiger partial charge in [0.05, 0.1) is 18.2 Å². The maximum Gasteiger partial charge on any atom is 0.0994 e. The summed E-state index contributed by atoms with van der Waals surface area (Å²) in [6.07, 6.45) is 7.68. The molecular formula is C15H18BrN3. The summed E-state index contributed by atoms with van der Waals surface area (Å²) >= 11 is 3.52. The fraction of sp³-hybridized carbons (Fsp3) is 0.400. The number of aromatic nitrogens is 2. The number of hydrogen-bond donors (Lipinski definition) is 1. The monoisotopic (exact) mass is 319 g/mol. The lowest BCUT2D eigenvalue weighted by atomic mass is 10.0. The van der Waals surface area contributed by atoms with Crippen molar-refractivity contribution in [2.24, 2.45) is 0 Å². The fourth-order valence-electron chi connectivity index (χ4n) is 2.76. The Morgan fingerprint density at radius 2 is 2.26 bits per heavy atom. The molecule has 1 fully saturated rings. The molecule has 0 spiro atoms. The number of imidazole rings is 1. The van der Waals surface area contributed by atoms with E-state index < -0.39 is 0 Å². The minimum absolute atomic E-state index is 0.430. The number of rotatable bonds is 2. The van der Waals surface area contributed by atoms with E-state index in [9.17, 15) is 0 Å². The Bertz CT molecular complexity index is 571. The molecule has 19 heavy (non-hydrogen) atoms. The summed E-state index contributed by atoms with van der Waals surface area (Å²) in [5, 5.41) is 3.59. The van der Waals surface area contributed by atoms with Crippen LogP contribution in [0.15, 0.2) is 35.2 Å². The second-order valence-corrected chi connectivity index (χ2v) is 6.04. The van der Waals surface area contributed by atoms with Gasteiger partial charge in [-0.15, -0.1) is 0 Å². The van der Waals surface area contributed by atoms with Gasteiger partial charge in [-0.3, -0.25) is 0 Å². The Hall–Kier alpha value is -1.13. The van der Waals surface area contributed by atoms with E-state index in [0.717, 1.165) is 11.0 Å². The Morgan fingerprint density at radius 1 is 1.37 bits per heavy atom. The molecular weight excluding hydrogens is 302 g/mol. The van der Waals surface area contributed by atoms with Gasteiger partial charge in [0, 0.05) is 16.2 Å². The highest BCUT2D eigenvalue weighted by Crippen LogP contribution is 2.27. The van der Waals surface area contributed by atoms with Crippen LogP contribution in [0.2, 0.25) is 0 Å². The van der Waals surface area contributed by atoms with Crippen molar-refractivity contribution >= 4 is 15.9 Å². The van der Waals surface area contributed by atoms with Gasteiger partial charge in [-0.25, -0.2) is 4.98 Å². The van der Waals surface area contributed by atoms with Crippen LogP contribution >= 0.6 is 15.9 Å². The maximum atomic E-state index is 4.35. The molecule has 3 rings (SSSR count). The summed E-state index contributed by atoms with van der Waals surface area (Å²) in [4.78, 5) is 4.35. The molecule has 1 saturated heterocycles. The van der Waals surface area contributed by atoms with Crippen LogP contribution in [0.1, 0.15) is 36.6 Å². The molecule has 0 saturated carbocycles. The average molecular weight is 320 g/mol. The lowest BCUT2D eigenvalue weighted by Gasteiger charge is -2.25. The minimum Gasteiger partial charge on any atom is -0.309 e. The quantitative estimate of drug-likeness (QED) is 0.913. The van der Waals surface area contributed by atoms with E-state index in [-0.39, 0.29) is 0 Å². The number of aryl methyl sites for hydroxylation is 1. The molecule has 1 atom stereocenters. The van der Waals surface area contributed by atoms with Crippen LogP contribution < -0.4 is 5.32 Å². The van der Waals surface area contributed by atoms with E-state index in [4.69, 9.17) is 0 Å². The fourth-order valence-corrected chi connectivity index (χ4v) is 3.23. The van der Waals surface area contributed by atoms with Crippen molar-refractivity contribution < 1.29 is 0 Å². The van der Waals surface area contributed by atoms with E-state index >= 15 is 0 Å². The van der Waals surface area contributed by atoms with Crippen LogP contribution in [-0.4, -0.2) is 16.1 Å². The van der Waals surface area contributed by atoms with Crippen LogP contribution in [-0.2, 0) is 0 Å². The normalized spacial score (nSPS) is 19.6. The number of halogens is 1. The second-order valence-electron chi connectivity index (χ2n) is 5.12. The van der Waals surface area contributed by atoms with Crippen molar-refractivity contribution in [1.29, 1.82) is 0 Å². The van der Waals surface area contributed by atoms with Crippen molar-refractivity contribution in [2.75, 3.05) is 6.54 Å². The average Bonchev–Trinajstić information content (AvgIpc) is 2.89. The molecule has 2 heterocycles. The first-order valence-corrected chi connectivity index (χ1v) is 7.57. The van der Waals surface area contributed by atoms with Gasteiger partial charge in [0.1, 0.15) is 0 Å². The molecule has 0 radical (unpaired) electrons. The molecule has 2 aromatic rings. The van der Waals surface area contributed by atoms with Crippen molar-refractivity contribution in [1.82, 2.24) is 14.9 Å². The molecule has 1 N–H and O–H groups in total. The SMILES string of the molecule is Cc1cc(Br)ccc1-n1cncc1C1CCCCN1. The van der Waals surface area contributed by atoms with Gasteiger partial charge in [-0.2, -0.15) is 0 Å². The number of nitrogens with zero attached hydrogens (tertiary/aromatic N) is 2. The van der Waals surface area contributed by atoms with Crippen LogP contribution in [0.3, 0.4) is 0 Å². The standard InChI is InChI=1S/C15H18BrN3/c1-11-8-12(16)5-6-14(11)19-10-17-9-15(19)13-4-2-3-7-18-13/h5-6,8-10,13,18H,2-4,7H2,1H3. The van der Waals surface area contributed by atoms with E-state index in [1.165, 1.54) is 36.2 Å². The molecule has 1 aliphatic rings. The van der Waals surface area contributed by atoms with E-state index in [2.05, 4.69) is 55.9 Å². The van der Waals surface area contributed by atoms with Crippen LogP contribution in [0.4, 0.5) is 0 Å². The molecule has 3 nitrogen and oxygen atoms in total. The zero-order valence-corrected chi connectivity index (χ0v) is 12.7. The molecule has 1 aromatic carbocycles.